The number of benzene rings is 2. The molecule has 0 amide bonds. The molecule has 3 rings (SSSR count). The predicted octanol–water partition coefficient (Wildman–Crippen LogP) is 5.19. The van der Waals surface area contributed by atoms with Crippen molar-refractivity contribution in [3.8, 4) is 17.2 Å². The van der Waals surface area contributed by atoms with Gasteiger partial charge in [-0.1, -0.05) is 17.7 Å². The largest absolute Gasteiger partial charge is 0.490 e. The Kier molecular flexibility index (Phi) is 7.56. The standard InChI is InChI=1S/C17H10ClF4NO4.C2HF3O2/c18-13-8-2-1-3-11(26-10-5-4-7(23)6-9(10)19)14(8)27-15(17(20,21)22)12(13)16(24)25;3-2(4,5)1(6)7/h1-6,15H,23H2,(H,24,25);(H,6,7). The first kappa shape index (κ1) is 26.6. The molecular formula is C19H11ClF7NO6. The molecule has 0 aromatic heterocycles. The first-order chi connectivity index (χ1) is 15.5. The molecule has 15 heteroatoms. The van der Waals surface area contributed by atoms with E-state index >= 15 is 0 Å². The van der Waals surface area contributed by atoms with Crippen LogP contribution in [0.25, 0.3) is 5.03 Å². The van der Waals surface area contributed by atoms with Crippen LogP contribution in [-0.4, -0.2) is 40.6 Å². The summed E-state index contributed by atoms with van der Waals surface area (Å²) in [4.78, 5) is 20.2. The number of alkyl halides is 6. The number of nitrogens with two attached hydrogens (primary N) is 1. The molecule has 1 unspecified atom stereocenters. The number of carbonyl (C=O) groups is 2. The van der Waals surface area contributed by atoms with Crippen LogP contribution in [0.3, 0.4) is 0 Å². The van der Waals surface area contributed by atoms with Gasteiger partial charge in [-0.25, -0.2) is 14.0 Å². The maximum Gasteiger partial charge on any atom is 0.490 e. The van der Waals surface area contributed by atoms with E-state index < -0.39 is 52.6 Å². The molecule has 1 heterocycles. The SMILES string of the molecule is Nc1ccc(Oc2cccc3c2OC(C(F)(F)F)C(C(=O)O)=C3Cl)c(F)c1.O=C(O)C(F)(F)F. The van der Waals surface area contributed by atoms with Gasteiger partial charge in [0.1, 0.15) is 5.57 Å². The minimum Gasteiger partial charge on any atom is -0.478 e. The molecule has 0 aliphatic carbocycles. The molecule has 0 bridgehead atoms. The summed E-state index contributed by atoms with van der Waals surface area (Å²) in [6.45, 7) is 0. The van der Waals surface area contributed by atoms with Crippen LogP contribution in [0, 0.1) is 5.82 Å². The van der Waals surface area contributed by atoms with E-state index in [0.717, 1.165) is 6.07 Å². The molecule has 184 valence electrons. The van der Waals surface area contributed by atoms with Crippen molar-refractivity contribution in [1.29, 1.82) is 0 Å². The summed E-state index contributed by atoms with van der Waals surface area (Å²) in [5, 5.41) is 15.6. The molecule has 0 fully saturated rings. The fourth-order valence-electron chi connectivity index (χ4n) is 2.48. The van der Waals surface area contributed by atoms with E-state index in [2.05, 4.69) is 0 Å². The van der Waals surface area contributed by atoms with Gasteiger partial charge in [0.25, 0.3) is 0 Å². The molecule has 1 aliphatic rings. The lowest BCUT2D eigenvalue weighted by atomic mass is 10.0. The molecule has 2 aromatic carbocycles. The summed E-state index contributed by atoms with van der Waals surface area (Å²) in [5.74, 6) is -6.51. The first-order valence-electron chi connectivity index (χ1n) is 8.56. The van der Waals surface area contributed by atoms with Gasteiger partial charge in [-0.05, 0) is 24.3 Å². The van der Waals surface area contributed by atoms with E-state index in [9.17, 15) is 35.5 Å². The van der Waals surface area contributed by atoms with Crippen molar-refractivity contribution in [1.82, 2.24) is 0 Å². The summed E-state index contributed by atoms with van der Waals surface area (Å²) in [5.41, 5.74) is 4.29. The maximum atomic E-state index is 13.9. The lowest BCUT2D eigenvalue weighted by Gasteiger charge is -2.29. The molecule has 0 spiro atoms. The zero-order valence-corrected chi connectivity index (χ0v) is 16.9. The van der Waals surface area contributed by atoms with Gasteiger partial charge in [-0.3, -0.25) is 0 Å². The van der Waals surface area contributed by atoms with Gasteiger partial charge in [0, 0.05) is 17.3 Å². The van der Waals surface area contributed by atoms with Gasteiger partial charge < -0.3 is 25.4 Å². The molecule has 34 heavy (non-hydrogen) atoms. The zero-order valence-electron chi connectivity index (χ0n) is 16.2. The Labute approximate surface area is 189 Å². The quantitative estimate of drug-likeness (QED) is 0.378. The Balaban J connectivity index is 0.000000509. The van der Waals surface area contributed by atoms with Crippen LogP contribution in [-0.2, 0) is 9.59 Å². The maximum absolute atomic E-state index is 13.9. The topological polar surface area (TPSA) is 119 Å². The van der Waals surface area contributed by atoms with Gasteiger partial charge in [0.2, 0.25) is 6.10 Å². The van der Waals surface area contributed by atoms with Crippen LogP contribution in [0.5, 0.6) is 17.2 Å². The number of hydrogen-bond donors (Lipinski definition) is 3. The third-order valence-corrected chi connectivity index (χ3v) is 4.30. The highest BCUT2D eigenvalue weighted by Crippen LogP contribution is 2.48. The highest BCUT2D eigenvalue weighted by Gasteiger charge is 2.51. The molecule has 2 aromatic rings. The fourth-order valence-corrected chi connectivity index (χ4v) is 2.81. The third kappa shape index (κ3) is 6.01. The predicted molar refractivity (Wildman–Crippen MR) is 102 cm³/mol. The second-order valence-electron chi connectivity index (χ2n) is 6.30. The van der Waals surface area contributed by atoms with Crippen LogP contribution in [0.2, 0.25) is 0 Å². The summed E-state index contributed by atoms with van der Waals surface area (Å²) in [6.07, 6.45) is -12.9. The lowest BCUT2D eigenvalue weighted by molar-refractivity contribution is -0.192. The van der Waals surface area contributed by atoms with E-state index in [1.165, 1.54) is 30.3 Å². The number of nitrogen functional groups attached to an aromatic ring is 1. The van der Waals surface area contributed by atoms with Gasteiger partial charge >= 0.3 is 24.3 Å². The van der Waals surface area contributed by atoms with E-state index in [-0.39, 0.29) is 22.7 Å². The minimum absolute atomic E-state index is 0.122. The Morgan fingerprint density at radius 3 is 2.09 bits per heavy atom. The molecule has 0 saturated carbocycles. The van der Waals surface area contributed by atoms with Crippen molar-refractivity contribution >= 4 is 34.3 Å². The van der Waals surface area contributed by atoms with Gasteiger partial charge in [0.05, 0.1) is 5.03 Å². The van der Waals surface area contributed by atoms with E-state index in [0.29, 0.717) is 0 Å². The summed E-state index contributed by atoms with van der Waals surface area (Å²) in [6, 6.07) is 7.34. The number of carboxylic acid groups (broad SMARTS) is 2. The van der Waals surface area contributed by atoms with E-state index in [1.807, 2.05) is 0 Å². The van der Waals surface area contributed by atoms with E-state index in [1.54, 1.807) is 0 Å². The van der Waals surface area contributed by atoms with Crippen molar-refractivity contribution in [2.24, 2.45) is 0 Å². The van der Waals surface area contributed by atoms with Gasteiger partial charge in [-0.2, -0.15) is 26.3 Å². The number of aliphatic carboxylic acids is 2. The number of halogens is 8. The zero-order chi connectivity index (χ0) is 26.0. The Morgan fingerprint density at radius 2 is 1.62 bits per heavy atom. The summed E-state index contributed by atoms with van der Waals surface area (Å²) < 4.78 is 95.8. The highest BCUT2D eigenvalue weighted by atomic mass is 35.5. The molecule has 1 aliphatic heterocycles. The number of carboxylic acids is 2. The smallest absolute Gasteiger partial charge is 0.478 e. The second kappa shape index (κ2) is 9.67. The molecule has 0 radical (unpaired) electrons. The normalized spacial score (nSPS) is 15.5. The van der Waals surface area contributed by atoms with Gasteiger partial charge in [0.15, 0.2) is 23.1 Å². The Morgan fingerprint density at radius 1 is 1.03 bits per heavy atom. The van der Waals surface area contributed by atoms with Crippen molar-refractivity contribution < 1.29 is 60.0 Å². The lowest BCUT2D eigenvalue weighted by Crippen LogP contribution is -2.41. The summed E-state index contributed by atoms with van der Waals surface area (Å²) in [7, 11) is 0. The number of para-hydroxylation sites is 1. The minimum atomic E-state index is -5.08. The molecular weight excluding hydrogens is 507 g/mol. The van der Waals surface area contributed by atoms with Crippen molar-refractivity contribution in [2.75, 3.05) is 5.73 Å². The second-order valence-corrected chi connectivity index (χ2v) is 6.68. The number of hydrogen-bond acceptors (Lipinski definition) is 5. The molecule has 4 N–H and O–H groups in total. The Hall–Kier alpha value is -3.68. The number of rotatable bonds is 3. The van der Waals surface area contributed by atoms with Crippen LogP contribution >= 0.6 is 11.6 Å². The first-order valence-corrected chi connectivity index (χ1v) is 8.94. The number of ether oxygens (including phenoxy) is 2. The van der Waals surface area contributed by atoms with Crippen molar-refractivity contribution in [2.45, 2.75) is 18.5 Å². The molecule has 0 saturated heterocycles. The highest BCUT2D eigenvalue weighted by molar-refractivity contribution is 6.51. The molecule has 1 atom stereocenters. The average molecular weight is 518 g/mol. The van der Waals surface area contributed by atoms with E-state index in [4.69, 9.17) is 41.8 Å². The fraction of sp³-hybridized carbons (Fsp3) is 0.158. The van der Waals surface area contributed by atoms with Crippen molar-refractivity contribution in [3.63, 3.8) is 0 Å². The van der Waals surface area contributed by atoms with Crippen LogP contribution in [0.15, 0.2) is 42.0 Å². The van der Waals surface area contributed by atoms with Crippen LogP contribution in [0.4, 0.5) is 36.4 Å². The average Bonchev–Trinajstić information content (AvgIpc) is 2.69. The summed E-state index contributed by atoms with van der Waals surface area (Å²) >= 11 is 5.91. The number of fused-ring (bicyclic) bond motifs is 1. The third-order valence-electron chi connectivity index (χ3n) is 3.90. The Bertz CT molecular complexity index is 1150. The van der Waals surface area contributed by atoms with Crippen molar-refractivity contribution in [3.05, 3.63) is 53.4 Å². The molecule has 7 nitrogen and oxygen atoms in total. The monoisotopic (exact) mass is 517 g/mol. The van der Waals surface area contributed by atoms with Crippen LogP contribution in [0.1, 0.15) is 5.56 Å². The van der Waals surface area contributed by atoms with Crippen LogP contribution < -0.4 is 15.2 Å². The number of anilines is 1. The van der Waals surface area contributed by atoms with Gasteiger partial charge in [-0.15, -0.1) is 0 Å².